The van der Waals surface area contributed by atoms with Gasteiger partial charge in [0.15, 0.2) is 0 Å². The minimum Gasteiger partial charge on any atom is -0.267 e. The number of carbonyl (C=O) groups is 2. The van der Waals surface area contributed by atoms with Crippen molar-refractivity contribution in [3.63, 3.8) is 0 Å². The highest BCUT2D eigenvalue weighted by atomic mass is 127. The van der Waals surface area contributed by atoms with Crippen LogP contribution in [-0.2, 0) is 0 Å². The summed E-state index contributed by atoms with van der Waals surface area (Å²) >= 11 is 3.39. The Balaban J connectivity index is 1.97. The van der Waals surface area contributed by atoms with Gasteiger partial charge in [0, 0.05) is 3.57 Å². The Bertz CT molecular complexity index is 569. The first kappa shape index (κ1) is 13.0. The Kier molecular flexibility index (Phi) is 4.32. The number of hydrogen-bond donors (Lipinski definition) is 2. The monoisotopic (exact) mass is 372 g/mol. The van der Waals surface area contributed by atoms with Crippen LogP contribution in [0.25, 0.3) is 0 Å². The first-order valence-corrected chi connectivity index (χ1v) is 7.03. The fraction of sp³-hybridized carbons (Fsp3) is 0. The molecule has 18 heavy (non-hydrogen) atoms. The summed E-state index contributed by atoms with van der Waals surface area (Å²) in [5.74, 6) is -0.644. The average Bonchev–Trinajstić information content (AvgIpc) is 2.90. The minimum atomic E-state index is -0.329. The molecule has 0 aliphatic heterocycles. The number of hydrazine groups is 1. The molecule has 1 aromatic heterocycles. The van der Waals surface area contributed by atoms with Gasteiger partial charge in [-0.15, -0.1) is 11.3 Å². The van der Waals surface area contributed by atoms with E-state index >= 15 is 0 Å². The van der Waals surface area contributed by atoms with Crippen LogP contribution in [0.1, 0.15) is 20.0 Å². The third kappa shape index (κ3) is 3.08. The Hall–Kier alpha value is -1.41. The van der Waals surface area contributed by atoms with Crippen molar-refractivity contribution >= 4 is 45.7 Å². The Labute approximate surface area is 122 Å². The van der Waals surface area contributed by atoms with Crippen molar-refractivity contribution in [2.45, 2.75) is 0 Å². The predicted octanol–water partition coefficient (Wildman–Crippen LogP) is 2.43. The van der Waals surface area contributed by atoms with Crippen molar-refractivity contribution in [3.8, 4) is 0 Å². The van der Waals surface area contributed by atoms with Crippen LogP contribution in [-0.4, -0.2) is 11.8 Å². The molecule has 92 valence electrons. The Morgan fingerprint density at radius 2 is 1.72 bits per heavy atom. The van der Waals surface area contributed by atoms with Crippen molar-refractivity contribution in [2.75, 3.05) is 0 Å². The molecule has 0 bridgehead atoms. The lowest BCUT2D eigenvalue weighted by Crippen LogP contribution is -2.41. The topological polar surface area (TPSA) is 58.2 Å². The molecule has 0 aliphatic rings. The molecule has 2 amide bonds. The lowest BCUT2D eigenvalue weighted by molar-refractivity contribution is 0.0848. The molecular weight excluding hydrogens is 363 g/mol. The van der Waals surface area contributed by atoms with E-state index in [1.807, 2.05) is 12.1 Å². The maximum atomic E-state index is 11.8. The van der Waals surface area contributed by atoms with E-state index in [-0.39, 0.29) is 11.8 Å². The van der Waals surface area contributed by atoms with Gasteiger partial charge in [-0.25, -0.2) is 0 Å². The Morgan fingerprint density at radius 3 is 2.39 bits per heavy atom. The molecule has 6 heteroatoms. The van der Waals surface area contributed by atoms with E-state index in [1.54, 1.807) is 29.6 Å². The highest BCUT2D eigenvalue weighted by Crippen LogP contribution is 2.11. The molecule has 0 aliphatic carbocycles. The number of benzene rings is 1. The molecule has 0 fully saturated rings. The normalized spacial score (nSPS) is 9.83. The maximum Gasteiger partial charge on any atom is 0.279 e. The first-order valence-electron chi connectivity index (χ1n) is 5.07. The van der Waals surface area contributed by atoms with Gasteiger partial charge in [0.25, 0.3) is 11.8 Å². The van der Waals surface area contributed by atoms with Crippen LogP contribution < -0.4 is 10.9 Å². The van der Waals surface area contributed by atoms with Gasteiger partial charge in [-0.3, -0.25) is 20.4 Å². The van der Waals surface area contributed by atoms with Crippen LogP contribution in [0, 0.1) is 3.57 Å². The zero-order valence-electron chi connectivity index (χ0n) is 9.14. The molecule has 1 aromatic carbocycles. The number of hydrogen-bond acceptors (Lipinski definition) is 3. The van der Waals surface area contributed by atoms with Crippen molar-refractivity contribution in [1.29, 1.82) is 0 Å². The van der Waals surface area contributed by atoms with E-state index in [4.69, 9.17) is 0 Å². The fourth-order valence-corrected chi connectivity index (χ4v) is 2.55. The van der Waals surface area contributed by atoms with Gasteiger partial charge >= 0.3 is 0 Å². The van der Waals surface area contributed by atoms with Crippen LogP contribution in [0.5, 0.6) is 0 Å². The molecule has 2 rings (SSSR count). The molecule has 0 saturated carbocycles. The van der Waals surface area contributed by atoms with Gasteiger partial charge in [-0.1, -0.05) is 18.2 Å². The molecule has 0 saturated heterocycles. The van der Waals surface area contributed by atoms with E-state index in [0.29, 0.717) is 10.4 Å². The summed E-state index contributed by atoms with van der Waals surface area (Å²) in [5.41, 5.74) is 5.30. The number of rotatable bonds is 2. The summed E-state index contributed by atoms with van der Waals surface area (Å²) in [7, 11) is 0. The fourth-order valence-electron chi connectivity index (χ4n) is 1.30. The molecule has 2 aromatic rings. The second-order valence-electron chi connectivity index (χ2n) is 3.37. The molecular formula is C12H9IN2O2S. The molecule has 1 heterocycles. The average molecular weight is 372 g/mol. The summed E-state index contributed by atoms with van der Waals surface area (Å²) in [6.07, 6.45) is 0. The standard InChI is InChI=1S/C12H9IN2O2S/c13-9-5-2-1-4-8(9)11(16)14-15-12(17)10-6-3-7-18-10/h1-7H,(H,14,16)(H,15,17). The van der Waals surface area contributed by atoms with Crippen LogP contribution in [0.15, 0.2) is 41.8 Å². The van der Waals surface area contributed by atoms with Gasteiger partial charge in [0.05, 0.1) is 10.4 Å². The number of thiophene rings is 1. The van der Waals surface area contributed by atoms with Gasteiger partial charge < -0.3 is 0 Å². The number of carbonyl (C=O) groups excluding carboxylic acids is 2. The van der Waals surface area contributed by atoms with Gasteiger partial charge in [-0.2, -0.15) is 0 Å². The van der Waals surface area contributed by atoms with Crippen molar-refractivity contribution in [1.82, 2.24) is 10.9 Å². The van der Waals surface area contributed by atoms with E-state index in [0.717, 1.165) is 3.57 Å². The molecule has 0 radical (unpaired) electrons. The van der Waals surface area contributed by atoms with Crippen LogP contribution in [0.4, 0.5) is 0 Å². The molecule has 4 nitrogen and oxygen atoms in total. The predicted molar refractivity (Wildman–Crippen MR) is 78.4 cm³/mol. The second kappa shape index (κ2) is 5.96. The summed E-state index contributed by atoms with van der Waals surface area (Å²) in [6.45, 7) is 0. The highest BCUT2D eigenvalue weighted by molar-refractivity contribution is 14.1. The number of halogens is 1. The third-order valence-electron chi connectivity index (χ3n) is 2.15. The summed E-state index contributed by atoms with van der Waals surface area (Å²) in [6, 6.07) is 10.6. The van der Waals surface area contributed by atoms with Crippen LogP contribution >= 0.6 is 33.9 Å². The summed E-state index contributed by atoms with van der Waals surface area (Å²) in [5, 5.41) is 1.80. The van der Waals surface area contributed by atoms with E-state index in [9.17, 15) is 9.59 Å². The lowest BCUT2D eigenvalue weighted by atomic mass is 10.2. The lowest BCUT2D eigenvalue weighted by Gasteiger charge is -2.07. The van der Waals surface area contributed by atoms with Gasteiger partial charge in [0.2, 0.25) is 0 Å². The first-order chi connectivity index (χ1) is 8.68. The zero-order valence-corrected chi connectivity index (χ0v) is 12.1. The SMILES string of the molecule is O=C(NNC(=O)c1ccccc1I)c1cccs1. The maximum absolute atomic E-state index is 11.8. The largest absolute Gasteiger partial charge is 0.279 e. The number of nitrogens with one attached hydrogen (secondary N) is 2. The van der Waals surface area contributed by atoms with E-state index in [2.05, 4.69) is 33.4 Å². The quantitative estimate of drug-likeness (QED) is 0.629. The van der Waals surface area contributed by atoms with Crippen molar-refractivity contribution in [3.05, 3.63) is 55.8 Å². The zero-order chi connectivity index (χ0) is 13.0. The van der Waals surface area contributed by atoms with Crippen LogP contribution in [0.3, 0.4) is 0 Å². The number of amides is 2. The molecule has 0 spiro atoms. The minimum absolute atomic E-state index is 0.315. The van der Waals surface area contributed by atoms with E-state index in [1.165, 1.54) is 11.3 Å². The molecule has 0 unspecified atom stereocenters. The Morgan fingerprint density at radius 1 is 1.00 bits per heavy atom. The third-order valence-corrected chi connectivity index (χ3v) is 3.96. The molecule has 0 atom stereocenters. The molecule has 2 N–H and O–H groups in total. The highest BCUT2D eigenvalue weighted by Gasteiger charge is 2.11. The van der Waals surface area contributed by atoms with Crippen LogP contribution in [0.2, 0.25) is 0 Å². The van der Waals surface area contributed by atoms with E-state index < -0.39 is 0 Å². The summed E-state index contributed by atoms with van der Waals surface area (Å²) < 4.78 is 0.831. The van der Waals surface area contributed by atoms with Gasteiger partial charge in [-0.05, 0) is 46.2 Å². The van der Waals surface area contributed by atoms with Crippen molar-refractivity contribution in [2.24, 2.45) is 0 Å². The van der Waals surface area contributed by atoms with Gasteiger partial charge in [0.1, 0.15) is 0 Å². The second-order valence-corrected chi connectivity index (χ2v) is 5.48. The van der Waals surface area contributed by atoms with Crippen molar-refractivity contribution < 1.29 is 9.59 Å². The smallest absolute Gasteiger partial charge is 0.267 e. The summed E-state index contributed by atoms with van der Waals surface area (Å²) in [4.78, 5) is 24.0.